The van der Waals surface area contributed by atoms with Gasteiger partial charge in [-0.25, -0.2) is 0 Å². The molecule has 0 saturated heterocycles. The summed E-state index contributed by atoms with van der Waals surface area (Å²) in [5.41, 5.74) is 4.24. The standard InChI is InChI=1S/C18H18BrIN2O/c1-11-3-4-12(2)22(11)15-7-5-13(9-15)18(23)21-17-8-6-14(19)10-16(17)20/h3-6,8,10,15H,7,9H2,1-2H3,(H,21,23)/t15-/m1/s1. The highest BCUT2D eigenvalue weighted by Crippen LogP contribution is 2.33. The van der Waals surface area contributed by atoms with Gasteiger partial charge >= 0.3 is 0 Å². The summed E-state index contributed by atoms with van der Waals surface area (Å²) in [7, 11) is 0. The van der Waals surface area contributed by atoms with Crippen LogP contribution in [0.1, 0.15) is 30.3 Å². The highest BCUT2D eigenvalue weighted by atomic mass is 127. The van der Waals surface area contributed by atoms with Crippen LogP contribution < -0.4 is 5.32 Å². The van der Waals surface area contributed by atoms with Gasteiger partial charge in [-0.2, -0.15) is 0 Å². The lowest BCUT2D eigenvalue weighted by Gasteiger charge is -2.18. The second kappa shape index (κ2) is 6.81. The number of allylic oxidation sites excluding steroid dienone is 1. The minimum absolute atomic E-state index is 0.00945. The molecule has 0 fully saturated rings. The smallest absolute Gasteiger partial charge is 0.251 e. The molecule has 0 aliphatic heterocycles. The molecule has 0 saturated carbocycles. The molecule has 1 atom stereocenters. The van der Waals surface area contributed by atoms with E-state index in [0.717, 1.165) is 32.1 Å². The number of amides is 1. The molecule has 1 aromatic heterocycles. The van der Waals surface area contributed by atoms with Crippen LogP contribution in [0.25, 0.3) is 0 Å². The largest absolute Gasteiger partial charge is 0.346 e. The van der Waals surface area contributed by atoms with Crippen molar-refractivity contribution in [2.75, 3.05) is 5.32 Å². The lowest BCUT2D eigenvalue weighted by Crippen LogP contribution is -2.16. The summed E-state index contributed by atoms with van der Waals surface area (Å²) in [6, 6.07) is 10.5. The Balaban J connectivity index is 1.70. The number of carbonyl (C=O) groups is 1. The first-order chi connectivity index (χ1) is 11.0. The topological polar surface area (TPSA) is 34.0 Å². The zero-order chi connectivity index (χ0) is 16.6. The highest BCUT2D eigenvalue weighted by Gasteiger charge is 2.24. The Morgan fingerprint density at radius 3 is 2.61 bits per heavy atom. The number of halogens is 2. The predicted molar refractivity (Wildman–Crippen MR) is 106 cm³/mol. The number of anilines is 1. The minimum Gasteiger partial charge on any atom is -0.346 e. The fourth-order valence-electron chi connectivity index (χ4n) is 3.13. The van der Waals surface area contributed by atoms with Crippen LogP contribution in [0.4, 0.5) is 5.69 Å². The zero-order valence-corrected chi connectivity index (χ0v) is 16.8. The number of nitrogens with one attached hydrogen (secondary N) is 1. The molecular weight excluding hydrogens is 467 g/mol. The first-order valence-corrected chi connectivity index (χ1v) is 9.42. The number of hydrogen-bond donors (Lipinski definition) is 1. The van der Waals surface area contributed by atoms with Crippen LogP contribution in [0.2, 0.25) is 0 Å². The van der Waals surface area contributed by atoms with E-state index in [9.17, 15) is 4.79 Å². The average molecular weight is 485 g/mol. The fraction of sp³-hybridized carbons (Fsp3) is 0.278. The van der Waals surface area contributed by atoms with Crippen LogP contribution in [-0.2, 0) is 4.79 Å². The highest BCUT2D eigenvalue weighted by molar-refractivity contribution is 14.1. The summed E-state index contributed by atoms with van der Waals surface area (Å²) in [5.74, 6) is 0.00945. The van der Waals surface area contributed by atoms with E-state index in [-0.39, 0.29) is 5.91 Å². The van der Waals surface area contributed by atoms with Crippen molar-refractivity contribution in [1.29, 1.82) is 0 Å². The lowest BCUT2D eigenvalue weighted by molar-refractivity contribution is -0.113. The monoisotopic (exact) mass is 484 g/mol. The molecule has 0 bridgehead atoms. The van der Waals surface area contributed by atoms with Crippen molar-refractivity contribution in [2.24, 2.45) is 0 Å². The fourth-order valence-corrected chi connectivity index (χ4v) is 4.57. The molecule has 3 rings (SSSR count). The summed E-state index contributed by atoms with van der Waals surface area (Å²) in [5, 5.41) is 3.03. The van der Waals surface area contributed by atoms with E-state index in [0.29, 0.717) is 6.04 Å². The maximum atomic E-state index is 12.5. The third-order valence-corrected chi connectivity index (χ3v) is 5.64. The molecule has 0 spiro atoms. The van der Waals surface area contributed by atoms with Gasteiger partial charge in [0.25, 0.3) is 5.91 Å². The van der Waals surface area contributed by atoms with E-state index in [1.165, 1.54) is 11.4 Å². The molecule has 1 amide bonds. The minimum atomic E-state index is 0.00945. The Morgan fingerprint density at radius 1 is 1.26 bits per heavy atom. The molecule has 1 aromatic carbocycles. The molecule has 1 aliphatic carbocycles. The Kier molecular flexibility index (Phi) is 4.96. The second-order valence-corrected chi connectivity index (χ2v) is 7.97. The van der Waals surface area contributed by atoms with Crippen LogP contribution in [0.5, 0.6) is 0 Å². The Labute approximate surface area is 158 Å². The van der Waals surface area contributed by atoms with Gasteiger partial charge < -0.3 is 9.88 Å². The van der Waals surface area contributed by atoms with Gasteiger partial charge in [-0.05, 0) is 79.6 Å². The molecule has 0 radical (unpaired) electrons. The summed E-state index contributed by atoms with van der Waals surface area (Å²) in [6.45, 7) is 4.24. The van der Waals surface area contributed by atoms with E-state index in [2.05, 4.69) is 80.5 Å². The van der Waals surface area contributed by atoms with E-state index < -0.39 is 0 Å². The number of rotatable bonds is 3. The Hall–Kier alpha value is -1.08. The van der Waals surface area contributed by atoms with Crippen molar-refractivity contribution >= 4 is 50.1 Å². The third kappa shape index (κ3) is 3.55. The van der Waals surface area contributed by atoms with Crippen molar-refractivity contribution in [3.05, 3.63) is 61.4 Å². The first kappa shape index (κ1) is 16.8. The second-order valence-electron chi connectivity index (χ2n) is 5.89. The van der Waals surface area contributed by atoms with Crippen molar-refractivity contribution < 1.29 is 4.79 Å². The summed E-state index contributed by atoms with van der Waals surface area (Å²) in [4.78, 5) is 12.5. The maximum absolute atomic E-state index is 12.5. The number of benzene rings is 1. The molecule has 3 nitrogen and oxygen atoms in total. The van der Waals surface area contributed by atoms with Crippen LogP contribution >= 0.6 is 38.5 Å². The van der Waals surface area contributed by atoms with E-state index in [1.807, 2.05) is 18.2 Å². The Morgan fingerprint density at radius 2 is 1.96 bits per heavy atom. The third-order valence-electron chi connectivity index (χ3n) is 4.25. The molecule has 1 N–H and O–H groups in total. The molecule has 120 valence electrons. The van der Waals surface area contributed by atoms with Gasteiger partial charge in [0.15, 0.2) is 0 Å². The summed E-state index contributed by atoms with van der Waals surface area (Å²) >= 11 is 5.68. The molecule has 1 aliphatic rings. The van der Waals surface area contributed by atoms with Crippen molar-refractivity contribution in [3.8, 4) is 0 Å². The van der Waals surface area contributed by atoms with Crippen molar-refractivity contribution in [1.82, 2.24) is 4.57 Å². The molecule has 0 unspecified atom stereocenters. The van der Waals surface area contributed by atoms with Crippen molar-refractivity contribution in [2.45, 2.75) is 32.7 Å². The quantitative estimate of drug-likeness (QED) is 0.583. The van der Waals surface area contributed by atoms with Gasteiger partial charge in [0, 0.05) is 31.0 Å². The van der Waals surface area contributed by atoms with Crippen LogP contribution in [0.3, 0.4) is 0 Å². The zero-order valence-electron chi connectivity index (χ0n) is 13.1. The van der Waals surface area contributed by atoms with Gasteiger partial charge in [-0.3, -0.25) is 4.79 Å². The summed E-state index contributed by atoms with van der Waals surface area (Å²) < 4.78 is 4.37. The molecule has 23 heavy (non-hydrogen) atoms. The van der Waals surface area contributed by atoms with E-state index in [1.54, 1.807) is 0 Å². The lowest BCUT2D eigenvalue weighted by atomic mass is 10.1. The van der Waals surface area contributed by atoms with Crippen LogP contribution in [0.15, 0.2) is 46.5 Å². The first-order valence-electron chi connectivity index (χ1n) is 7.55. The number of aryl methyl sites for hydroxylation is 2. The molecule has 1 heterocycles. The number of aromatic nitrogens is 1. The summed E-state index contributed by atoms with van der Waals surface area (Å²) in [6.07, 6.45) is 3.77. The van der Waals surface area contributed by atoms with Gasteiger partial charge in [0.2, 0.25) is 0 Å². The van der Waals surface area contributed by atoms with Crippen LogP contribution in [0, 0.1) is 17.4 Å². The number of carbonyl (C=O) groups excluding carboxylic acids is 1. The van der Waals surface area contributed by atoms with Gasteiger partial charge in [-0.1, -0.05) is 22.0 Å². The maximum Gasteiger partial charge on any atom is 0.251 e. The van der Waals surface area contributed by atoms with Gasteiger partial charge in [0.1, 0.15) is 0 Å². The molecular formula is C18H18BrIN2O. The number of nitrogens with zero attached hydrogens (tertiary/aromatic N) is 1. The number of hydrogen-bond acceptors (Lipinski definition) is 1. The van der Waals surface area contributed by atoms with Gasteiger partial charge in [0.05, 0.1) is 5.69 Å². The van der Waals surface area contributed by atoms with E-state index in [4.69, 9.17) is 0 Å². The van der Waals surface area contributed by atoms with E-state index >= 15 is 0 Å². The van der Waals surface area contributed by atoms with Crippen LogP contribution in [-0.4, -0.2) is 10.5 Å². The molecule has 5 heteroatoms. The van der Waals surface area contributed by atoms with Crippen molar-refractivity contribution in [3.63, 3.8) is 0 Å². The Bertz CT molecular complexity index is 775. The van der Waals surface area contributed by atoms with Gasteiger partial charge in [-0.15, -0.1) is 0 Å². The SMILES string of the molecule is Cc1ccc(C)n1[C@@H]1CC=C(C(=O)Nc2ccc(Br)cc2I)C1. The predicted octanol–water partition coefficient (Wildman–Crippen LogP) is 5.37. The molecule has 2 aromatic rings. The average Bonchev–Trinajstić information content (AvgIpc) is 3.09. The normalized spacial score (nSPS) is 17.2.